The lowest BCUT2D eigenvalue weighted by Crippen LogP contribution is -2.15. The number of sulfonamides is 1. The smallest absolute Gasteiger partial charge is 0.254 e. The number of rotatable bonds is 5. The zero-order valence-corrected chi connectivity index (χ0v) is 17.9. The zero-order valence-electron chi connectivity index (χ0n) is 16.3. The topological polar surface area (TPSA) is 89.3 Å². The molecule has 3 heterocycles. The van der Waals surface area contributed by atoms with Crippen LogP contribution in [-0.2, 0) is 22.6 Å². The van der Waals surface area contributed by atoms with E-state index in [-0.39, 0.29) is 10.8 Å². The molecule has 0 fully saturated rings. The average molecular weight is 467 g/mol. The Kier molecular flexibility index (Phi) is 5.21. The lowest BCUT2D eigenvalue weighted by Gasteiger charge is -2.08. The fraction of sp³-hybridized carbons (Fsp3) is 0.211. The van der Waals surface area contributed by atoms with Gasteiger partial charge in [0.15, 0.2) is 15.7 Å². The van der Waals surface area contributed by atoms with Crippen LogP contribution in [0.25, 0.3) is 5.65 Å². The summed E-state index contributed by atoms with van der Waals surface area (Å²) in [7, 11) is -4.28. The Morgan fingerprint density at radius 2 is 1.84 bits per heavy atom. The van der Waals surface area contributed by atoms with Gasteiger partial charge in [-0.2, -0.15) is 18.3 Å². The molecule has 31 heavy (non-hydrogen) atoms. The molecule has 0 saturated carbocycles. The van der Waals surface area contributed by atoms with Crippen molar-refractivity contribution in [1.29, 1.82) is 0 Å². The van der Waals surface area contributed by atoms with Crippen LogP contribution >= 0.6 is 11.3 Å². The van der Waals surface area contributed by atoms with Crippen LogP contribution in [0.5, 0.6) is 0 Å². The molecule has 0 atom stereocenters. The van der Waals surface area contributed by atoms with E-state index in [0.29, 0.717) is 16.6 Å². The van der Waals surface area contributed by atoms with Crippen molar-refractivity contribution in [3.8, 4) is 0 Å². The number of hydrogen-bond acceptors (Lipinski definition) is 6. The zero-order chi connectivity index (χ0) is 22.4. The van der Waals surface area contributed by atoms with Gasteiger partial charge in [0.2, 0.25) is 0 Å². The lowest BCUT2D eigenvalue weighted by molar-refractivity contribution is -0.142. The Bertz CT molecular complexity index is 1360. The summed E-state index contributed by atoms with van der Waals surface area (Å²) in [6.45, 7) is 3.14. The first-order valence-corrected chi connectivity index (χ1v) is 11.3. The molecule has 12 heteroatoms. The van der Waals surface area contributed by atoms with Gasteiger partial charge in [0, 0.05) is 17.5 Å². The molecule has 0 aliphatic rings. The second-order valence-corrected chi connectivity index (χ2v) is 9.59. The first-order valence-electron chi connectivity index (χ1n) is 9.01. The summed E-state index contributed by atoms with van der Waals surface area (Å²) in [5.41, 5.74) is 0.111. The Morgan fingerprint density at radius 1 is 1.13 bits per heavy atom. The Balaban J connectivity index is 1.70. The molecular weight excluding hydrogens is 451 g/mol. The van der Waals surface area contributed by atoms with E-state index < -0.39 is 32.4 Å². The van der Waals surface area contributed by atoms with Gasteiger partial charge in [0.1, 0.15) is 5.69 Å². The first-order chi connectivity index (χ1) is 14.6. The fourth-order valence-corrected chi connectivity index (χ4v) is 5.52. The van der Waals surface area contributed by atoms with Crippen LogP contribution in [0.4, 0.5) is 18.3 Å². The third kappa shape index (κ3) is 4.12. The van der Waals surface area contributed by atoms with Gasteiger partial charge in [0.05, 0.1) is 11.4 Å². The second-order valence-electron chi connectivity index (χ2n) is 6.77. The molecule has 4 rings (SSSR count). The third-order valence-corrected chi connectivity index (χ3v) is 7.06. The minimum absolute atomic E-state index is 0.102. The van der Waals surface area contributed by atoms with Gasteiger partial charge in [-0.25, -0.2) is 22.9 Å². The molecule has 0 spiro atoms. The van der Waals surface area contributed by atoms with E-state index in [1.165, 1.54) is 6.92 Å². The molecule has 0 bridgehead atoms. The lowest BCUT2D eigenvalue weighted by atomic mass is 10.1. The molecule has 1 N–H and O–H groups in total. The molecule has 0 unspecified atom stereocenters. The number of alkyl halides is 3. The summed E-state index contributed by atoms with van der Waals surface area (Å²) < 4.78 is 68.7. The highest BCUT2D eigenvalue weighted by Crippen LogP contribution is 2.32. The Morgan fingerprint density at radius 3 is 2.52 bits per heavy atom. The SMILES string of the molecule is Cc1nn2c(C(F)(F)F)ccnc2c1S(=O)(=O)Nc1nc(Cc2ccccc2)c(C)s1. The van der Waals surface area contributed by atoms with Gasteiger partial charge in [-0.1, -0.05) is 30.3 Å². The molecule has 1 aromatic carbocycles. The van der Waals surface area contributed by atoms with Crippen molar-refractivity contribution in [2.75, 3.05) is 4.72 Å². The fourth-order valence-electron chi connectivity index (χ4n) is 3.15. The van der Waals surface area contributed by atoms with Gasteiger partial charge in [-0.3, -0.25) is 4.72 Å². The van der Waals surface area contributed by atoms with E-state index in [2.05, 4.69) is 19.8 Å². The van der Waals surface area contributed by atoms with E-state index in [1.807, 2.05) is 37.3 Å². The minimum atomic E-state index is -4.72. The van der Waals surface area contributed by atoms with E-state index >= 15 is 0 Å². The molecule has 162 valence electrons. The number of halogens is 3. The normalized spacial score (nSPS) is 12.4. The molecule has 7 nitrogen and oxygen atoms in total. The maximum atomic E-state index is 13.3. The highest BCUT2D eigenvalue weighted by Gasteiger charge is 2.36. The number of nitrogens with one attached hydrogen (secondary N) is 1. The molecule has 0 aliphatic carbocycles. The number of anilines is 1. The summed E-state index contributed by atoms with van der Waals surface area (Å²) in [5.74, 6) is 0. The quantitative estimate of drug-likeness (QED) is 0.475. The molecule has 4 aromatic rings. The predicted molar refractivity (Wildman–Crippen MR) is 110 cm³/mol. The van der Waals surface area contributed by atoms with E-state index in [4.69, 9.17) is 0 Å². The average Bonchev–Trinajstić information content (AvgIpc) is 3.19. The maximum absolute atomic E-state index is 13.3. The van der Waals surface area contributed by atoms with Crippen molar-refractivity contribution in [3.63, 3.8) is 0 Å². The van der Waals surface area contributed by atoms with E-state index in [0.717, 1.165) is 34.0 Å². The summed E-state index contributed by atoms with van der Waals surface area (Å²) in [4.78, 5) is 8.60. The maximum Gasteiger partial charge on any atom is 0.433 e. The largest absolute Gasteiger partial charge is 0.433 e. The van der Waals surface area contributed by atoms with Crippen LogP contribution in [0.15, 0.2) is 47.5 Å². The molecule has 0 amide bonds. The third-order valence-electron chi connectivity index (χ3n) is 4.53. The van der Waals surface area contributed by atoms with Gasteiger partial charge >= 0.3 is 6.18 Å². The van der Waals surface area contributed by atoms with Crippen LogP contribution < -0.4 is 4.72 Å². The van der Waals surface area contributed by atoms with Crippen molar-refractivity contribution in [3.05, 3.63) is 70.1 Å². The molecule has 0 aliphatic heterocycles. The monoisotopic (exact) mass is 467 g/mol. The van der Waals surface area contributed by atoms with Gasteiger partial charge in [-0.05, 0) is 25.5 Å². The highest BCUT2D eigenvalue weighted by molar-refractivity contribution is 7.93. The van der Waals surface area contributed by atoms with Crippen LogP contribution in [-0.4, -0.2) is 28.0 Å². The van der Waals surface area contributed by atoms with Gasteiger partial charge in [0.25, 0.3) is 10.0 Å². The summed E-state index contributed by atoms with van der Waals surface area (Å²) >= 11 is 1.15. The first kappa shape index (κ1) is 21.2. The summed E-state index contributed by atoms with van der Waals surface area (Å²) in [6, 6.07) is 10.3. The molecule has 0 saturated heterocycles. The summed E-state index contributed by atoms with van der Waals surface area (Å²) in [6.07, 6.45) is -3.28. The van der Waals surface area contributed by atoms with Crippen molar-refractivity contribution in [2.24, 2.45) is 0 Å². The Hall–Kier alpha value is -2.99. The molecule has 0 radical (unpaired) electrons. The standard InChI is InChI=1S/C19H16F3N5O2S2/c1-11-16(17-23-9-8-15(19(20,21)22)27(17)25-11)31(28,29)26-18-24-14(12(2)30-18)10-13-6-4-3-5-7-13/h3-9H,10H2,1-2H3,(H,24,26). The number of nitrogens with zero attached hydrogens (tertiary/aromatic N) is 4. The van der Waals surface area contributed by atoms with Gasteiger partial charge in [-0.15, -0.1) is 11.3 Å². The molecular formula is C19H16F3N5O2S2. The van der Waals surface area contributed by atoms with Crippen LogP contribution in [0.2, 0.25) is 0 Å². The number of fused-ring (bicyclic) bond motifs is 1. The number of aromatic nitrogens is 4. The van der Waals surface area contributed by atoms with Crippen molar-refractivity contribution < 1.29 is 21.6 Å². The van der Waals surface area contributed by atoms with Crippen molar-refractivity contribution in [2.45, 2.75) is 31.3 Å². The minimum Gasteiger partial charge on any atom is -0.254 e. The predicted octanol–water partition coefficient (Wildman–Crippen LogP) is 4.21. The van der Waals surface area contributed by atoms with Crippen molar-refractivity contribution in [1.82, 2.24) is 19.6 Å². The number of benzene rings is 1. The molecule has 3 aromatic heterocycles. The van der Waals surface area contributed by atoms with E-state index in [9.17, 15) is 21.6 Å². The van der Waals surface area contributed by atoms with Crippen LogP contribution in [0.1, 0.15) is 27.5 Å². The van der Waals surface area contributed by atoms with Crippen molar-refractivity contribution >= 4 is 32.1 Å². The number of hydrogen-bond donors (Lipinski definition) is 1. The van der Waals surface area contributed by atoms with E-state index in [1.54, 1.807) is 0 Å². The van der Waals surface area contributed by atoms with Crippen LogP contribution in [0.3, 0.4) is 0 Å². The van der Waals surface area contributed by atoms with Gasteiger partial charge < -0.3 is 0 Å². The number of thiazole rings is 1. The Labute approximate surface area is 179 Å². The summed E-state index contributed by atoms with van der Waals surface area (Å²) in [5, 5.41) is 3.88. The van der Waals surface area contributed by atoms with Crippen LogP contribution in [0, 0.1) is 13.8 Å². The number of aryl methyl sites for hydroxylation is 2. The highest BCUT2D eigenvalue weighted by atomic mass is 32.2. The second kappa shape index (κ2) is 7.61.